The highest BCUT2D eigenvalue weighted by Crippen LogP contribution is 2.30. The van der Waals surface area contributed by atoms with Crippen LogP contribution in [0.5, 0.6) is 0 Å². The maximum Gasteiger partial charge on any atom is 0.408 e. The van der Waals surface area contributed by atoms with Crippen molar-refractivity contribution in [2.24, 2.45) is 5.92 Å². The lowest BCUT2D eigenvalue weighted by molar-refractivity contribution is 0.150. The van der Waals surface area contributed by atoms with Gasteiger partial charge in [-0.25, -0.2) is 4.79 Å². The van der Waals surface area contributed by atoms with E-state index >= 15 is 0 Å². The monoisotopic (exact) mass is 338 g/mol. The molecule has 0 radical (unpaired) electrons. The Hall–Kier alpha value is -2.81. The Morgan fingerprint density at radius 1 is 1.28 bits per heavy atom. The summed E-state index contributed by atoms with van der Waals surface area (Å²) in [4.78, 5) is 20.4. The van der Waals surface area contributed by atoms with E-state index in [0.29, 0.717) is 5.92 Å². The topological polar surface area (TPSA) is 90.1 Å². The standard InChI is InChI=1S/C19H22N4O2/c1-2-9-25-19(24)23-16-5-3-13(4-6-16)10-14-11-15(20)12-17-18(14)22-8-7-21-17/h1,7-8,11-13,16H,3-6,9-10,20H2,(H,23,24). The lowest BCUT2D eigenvalue weighted by Crippen LogP contribution is -2.38. The fourth-order valence-electron chi connectivity index (χ4n) is 3.46. The molecule has 1 fully saturated rings. The van der Waals surface area contributed by atoms with E-state index in [2.05, 4.69) is 21.2 Å². The first-order valence-electron chi connectivity index (χ1n) is 8.51. The molecule has 0 spiro atoms. The van der Waals surface area contributed by atoms with Crippen LogP contribution in [0.2, 0.25) is 0 Å². The van der Waals surface area contributed by atoms with Gasteiger partial charge in [-0.1, -0.05) is 5.92 Å². The van der Waals surface area contributed by atoms with Gasteiger partial charge in [0.2, 0.25) is 0 Å². The number of ether oxygens (including phenoxy) is 1. The predicted molar refractivity (Wildman–Crippen MR) is 96.7 cm³/mol. The van der Waals surface area contributed by atoms with Crippen molar-refractivity contribution in [3.05, 3.63) is 30.1 Å². The molecule has 1 amide bonds. The summed E-state index contributed by atoms with van der Waals surface area (Å²) in [5, 5.41) is 2.88. The molecule has 0 bridgehead atoms. The summed E-state index contributed by atoms with van der Waals surface area (Å²) >= 11 is 0. The van der Waals surface area contributed by atoms with Crippen LogP contribution in [-0.2, 0) is 11.2 Å². The highest BCUT2D eigenvalue weighted by Gasteiger charge is 2.23. The Labute approximate surface area is 147 Å². The van der Waals surface area contributed by atoms with E-state index < -0.39 is 6.09 Å². The molecule has 6 nitrogen and oxygen atoms in total. The molecule has 0 atom stereocenters. The average molecular weight is 338 g/mol. The maximum atomic E-state index is 11.6. The molecule has 3 N–H and O–H groups in total. The zero-order valence-corrected chi connectivity index (χ0v) is 14.1. The Morgan fingerprint density at radius 2 is 2.04 bits per heavy atom. The van der Waals surface area contributed by atoms with Gasteiger partial charge in [-0.3, -0.25) is 9.97 Å². The van der Waals surface area contributed by atoms with Gasteiger partial charge in [0.1, 0.15) is 0 Å². The summed E-state index contributed by atoms with van der Waals surface area (Å²) < 4.78 is 4.86. The first-order valence-corrected chi connectivity index (χ1v) is 8.51. The molecule has 1 aliphatic rings. The maximum absolute atomic E-state index is 11.6. The summed E-state index contributed by atoms with van der Waals surface area (Å²) in [6, 6.07) is 4.01. The fraction of sp³-hybridized carbons (Fsp3) is 0.421. The van der Waals surface area contributed by atoms with Crippen molar-refractivity contribution in [3.63, 3.8) is 0 Å². The molecule has 0 unspecified atom stereocenters. The Balaban J connectivity index is 1.58. The minimum atomic E-state index is -0.432. The summed E-state index contributed by atoms with van der Waals surface area (Å²) in [6.07, 6.45) is 12.9. The molecule has 25 heavy (non-hydrogen) atoms. The molecule has 1 heterocycles. The number of fused-ring (bicyclic) bond motifs is 1. The fourth-order valence-corrected chi connectivity index (χ4v) is 3.46. The van der Waals surface area contributed by atoms with Crippen LogP contribution >= 0.6 is 0 Å². The van der Waals surface area contributed by atoms with Crippen molar-refractivity contribution in [2.75, 3.05) is 12.3 Å². The molecule has 3 rings (SSSR count). The van der Waals surface area contributed by atoms with Gasteiger partial charge in [0.25, 0.3) is 0 Å². The smallest absolute Gasteiger partial charge is 0.408 e. The quantitative estimate of drug-likeness (QED) is 0.661. The zero-order valence-electron chi connectivity index (χ0n) is 14.1. The number of amides is 1. The number of aromatic nitrogens is 2. The van der Waals surface area contributed by atoms with Gasteiger partial charge in [0.15, 0.2) is 6.61 Å². The van der Waals surface area contributed by atoms with Crippen LogP contribution in [0, 0.1) is 18.3 Å². The number of anilines is 1. The number of rotatable bonds is 4. The second-order valence-corrected chi connectivity index (χ2v) is 6.45. The van der Waals surface area contributed by atoms with E-state index in [1.807, 2.05) is 12.1 Å². The molecule has 2 aromatic rings. The number of nitrogen functional groups attached to an aromatic ring is 1. The van der Waals surface area contributed by atoms with Crippen molar-refractivity contribution in [3.8, 4) is 12.3 Å². The van der Waals surface area contributed by atoms with E-state index in [4.69, 9.17) is 16.9 Å². The lowest BCUT2D eigenvalue weighted by Gasteiger charge is -2.29. The van der Waals surface area contributed by atoms with E-state index in [-0.39, 0.29) is 12.6 Å². The number of nitrogens with two attached hydrogens (primary N) is 1. The summed E-state index contributed by atoms with van der Waals surface area (Å²) in [5.41, 5.74) is 9.63. The van der Waals surface area contributed by atoms with Crippen LogP contribution < -0.4 is 11.1 Å². The van der Waals surface area contributed by atoms with Gasteiger partial charge in [-0.05, 0) is 55.7 Å². The van der Waals surface area contributed by atoms with E-state index in [0.717, 1.165) is 54.4 Å². The van der Waals surface area contributed by atoms with Crippen molar-refractivity contribution >= 4 is 22.8 Å². The zero-order chi connectivity index (χ0) is 17.6. The van der Waals surface area contributed by atoms with Crippen LogP contribution in [0.4, 0.5) is 10.5 Å². The highest BCUT2D eigenvalue weighted by atomic mass is 16.5. The van der Waals surface area contributed by atoms with Gasteiger partial charge in [-0.2, -0.15) is 0 Å². The minimum Gasteiger partial charge on any atom is -0.436 e. The number of nitrogens with zero attached hydrogens (tertiary/aromatic N) is 2. The van der Waals surface area contributed by atoms with Crippen molar-refractivity contribution in [1.29, 1.82) is 0 Å². The summed E-state index contributed by atoms with van der Waals surface area (Å²) in [5.74, 6) is 2.83. The first kappa shape index (κ1) is 17.0. The van der Waals surface area contributed by atoms with Crippen LogP contribution in [-0.4, -0.2) is 28.7 Å². The molecule has 0 aliphatic heterocycles. The van der Waals surface area contributed by atoms with E-state index in [1.54, 1.807) is 12.4 Å². The van der Waals surface area contributed by atoms with Gasteiger partial charge in [0, 0.05) is 24.1 Å². The number of nitrogens with one attached hydrogen (secondary N) is 1. The number of benzene rings is 1. The third-order valence-corrected chi connectivity index (χ3v) is 4.64. The molecule has 1 aliphatic carbocycles. The highest BCUT2D eigenvalue weighted by molar-refractivity contribution is 5.81. The number of alkyl carbamates (subject to hydrolysis) is 1. The molecule has 6 heteroatoms. The van der Waals surface area contributed by atoms with Crippen molar-refractivity contribution in [2.45, 2.75) is 38.1 Å². The third kappa shape index (κ3) is 4.38. The van der Waals surface area contributed by atoms with Gasteiger partial charge < -0.3 is 15.8 Å². The van der Waals surface area contributed by atoms with Crippen LogP contribution in [0.15, 0.2) is 24.5 Å². The third-order valence-electron chi connectivity index (χ3n) is 4.64. The second kappa shape index (κ2) is 7.84. The Morgan fingerprint density at radius 3 is 2.80 bits per heavy atom. The van der Waals surface area contributed by atoms with Gasteiger partial charge >= 0.3 is 6.09 Å². The normalized spacial score (nSPS) is 20.0. The number of hydrogen-bond acceptors (Lipinski definition) is 5. The number of carbonyl (C=O) groups excluding carboxylic acids is 1. The Bertz CT molecular complexity index is 792. The average Bonchev–Trinajstić information content (AvgIpc) is 2.61. The first-order chi connectivity index (χ1) is 12.2. The SMILES string of the molecule is C#CCOC(=O)NC1CCC(Cc2cc(N)cc3nccnc23)CC1. The minimum absolute atomic E-state index is 0.00468. The van der Waals surface area contributed by atoms with Gasteiger partial charge in [-0.15, -0.1) is 6.42 Å². The van der Waals surface area contributed by atoms with E-state index in [9.17, 15) is 4.79 Å². The molecule has 1 aromatic heterocycles. The number of carbonyl (C=O) groups is 1. The molecule has 130 valence electrons. The van der Waals surface area contributed by atoms with E-state index in [1.165, 1.54) is 0 Å². The molecular weight excluding hydrogens is 316 g/mol. The molecule has 1 saturated carbocycles. The molecule has 1 aromatic carbocycles. The summed E-state index contributed by atoms with van der Waals surface area (Å²) in [7, 11) is 0. The number of hydrogen-bond donors (Lipinski definition) is 2. The van der Waals surface area contributed by atoms with Gasteiger partial charge in [0.05, 0.1) is 11.0 Å². The Kier molecular flexibility index (Phi) is 5.34. The molecule has 0 saturated heterocycles. The van der Waals surface area contributed by atoms with Crippen LogP contribution in [0.1, 0.15) is 31.2 Å². The van der Waals surface area contributed by atoms with Crippen molar-refractivity contribution in [1.82, 2.24) is 15.3 Å². The lowest BCUT2D eigenvalue weighted by atomic mass is 9.82. The second-order valence-electron chi connectivity index (χ2n) is 6.45. The van der Waals surface area contributed by atoms with Crippen molar-refractivity contribution < 1.29 is 9.53 Å². The predicted octanol–water partition coefficient (Wildman–Crippen LogP) is 2.67. The number of terminal acetylenes is 1. The van der Waals surface area contributed by atoms with Crippen LogP contribution in [0.25, 0.3) is 11.0 Å². The molecular formula is C19H22N4O2. The largest absolute Gasteiger partial charge is 0.436 e. The van der Waals surface area contributed by atoms with Crippen LogP contribution in [0.3, 0.4) is 0 Å². The summed E-state index contributed by atoms with van der Waals surface area (Å²) in [6.45, 7) is 0.00468.